The summed E-state index contributed by atoms with van der Waals surface area (Å²) in [7, 11) is 3.17. The molecule has 0 bridgehead atoms. The summed E-state index contributed by atoms with van der Waals surface area (Å²) in [5.74, 6) is 1.07. The smallest absolute Gasteiger partial charge is 0.250 e. The van der Waals surface area contributed by atoms with Crippen LogP contribution in [-0.4, -0.2) is 30.1 Å². The number of amides is 1. The number of carbonyl (C=O) groups excluding carboxylic acids is 1. The van der Waals surface area contributed by atoms with E-state index in [9.17, 15) is 4.79 Å². The number of ether oxygens (including phenoxy) is 2. The molecule has 0 saturated heterocycles. The van der Waals surface area contributed by atoms with Gasteiger partial charge in [0.15, 0.2) is 5.13 Å². The molecular formula is C18H17N3O3S. The molecule has 3 rings (SSSR count). The predicted octanol–water partition coefficient (Wildman–Crippen LogP) is 3.81. The average molecular weight is 355 g/mol. The van der Waals surface area contributed by atoms with Gasteiger partial charge >= 0.3 is 0 Å². The molecule has 2 heterocycles. The molecule has 0 radical (unpaired) electrons. The van der Waals surface area contributed by atoms with Gasteiger partial charge in [0.2, 0.25) is 5.91 Å². The number of thiazole rings is 1. The van der Waals surface area contributed by atoms with Gasteiger partial charge < -0.3 is 14.5 Å². The van der Waals surface area contributed by atoms with Gasteiger partial charge in [-0.25, -0.2) is 4.98 Å². The van der Waals surface area contributed by atoms with E-state index in [0.29, 0.717) is 16.6 Å². The van der Waals surface area contributed by atoms with Crippen LogP contribution in [-0.2, 0) is 4.79 Å². The molecule has 0 aliphatic rings. The summed E-state index contributed by atoms with van der Waals surface area (Å²) in [5, 5.41) is 5.19. The molecule has 0 fully saturated rings. The van der Waals surface area contributed by atoms with Crippen molar-refractivity contribution in [3.8, 4) is 22.9 Å². The second-order valence-electron chi connectivity index (χ2n) is 5.09. The molecule has 0 saturated carbocycles. The van der Waals surface area contributed by atoms with Crippen molar-refractivity contribution in [3.05, 3.63) is 53.5 Å². The van der Waals surface area contributed by atoms with Crippen LogP contribution in [0.5, 0.6) is 11.5 Å². The van der Waals surface area contributed by atoms with Crippen molar-refractivity contribution < 1.29 is 14.3 Å². The van der Waals surface area contributed by atoms with Gasteiger partial charge in [-0.2, -0.15) is 0 Å². The van der Waals surface area contributed by atoms with Gasteiger partial charge in [-0.05, 0) is 35.9 Å². The predicted molar refractivity (Wildman–Crippen MR) is 99.1 cm³/mol. The van der Waals surface area contributed by atoms with Crippen LogP contribution in [0.25, 0.3) is 17.5 Å². The maximum atomic E-state index is 12.1. The quantitative estimate of drug-likeness (QED) is 0.659. The highest BCUT2D eigenvalue weighted by Gasteiger charge is 2.07. The fraction of sp³-hybridized carbons (Fsp3) is 0.111. The van der Waals surface area contributed by atoms with E-state index in [2.05, 4.69) is 15.3 Å². The van der Waals surface area contributed by atoms with E-state index in [1.54, 1.807) is 26.4 Å². The molecular weight excluding hydrogens is 338 g/mol. The third-order valence-corrected chi connectivity index (χ3v) is 4.17. The molecule has 3 aromatic rings. The van der Waals surface area contributed by atoms with Gasteiger partial charge in [0.1, 0.15) is 11.5 Å². The zero-order chi connectivity index (χ0) is 17.6. The van der Waals surface area contributed by atoms with Crippen LogP contribution in [0.15, 0.2) is 48.0 Å². The van der Waals surface area contributed by atoms with Crippen molar-refractivity contribution in [2.75, 3.05) is 19.5 Å². The van der Waals surface area contributed by atoms with Crippen molar-refractivity contribution in [1.82, 2.24) is 9.97 Å². The number of methoxy groups -OCH3 is 2. The van der Waals surface area contributed by atoms with Crippen LogP contribution in [0.4, 0.5) is 5.13 Å². The Balaban J connectivity index is 1.67. The molecule has 0 unspecified atom stereocenters. The van der Waals surface area contributed by atoms with Crippen LogP contribution in [0, 0.1) is 0 Å². The SMILES string of the molecule is COc1cc(/C=C/C(=O)Nc2nc(-c3ccc[nH]3)cs2)cc(OC)c1. The first-order chi connectivity index (χ1) is 12.2. The second kappa shape index (κ2) is 7.67. The maximum Gasteiger partial charge on any atom is 0.250 e. The molecule has 1 aromatic carbocycles. The largest absolute Gasteiger partial charge is 0.497 e. The van der Waals surface area contributed by atoms with Crippen LogP contribution < -0.4 is 14.8 Å². The number of rotatable bonds is 6. The molecule has 2 N–H and O–H groups in total. The molecule has 6 nitrogen and oxygen atoms in total. The zero-order valence-electron chi connectivity index (χ0n) is 13.8. The Hall–Kier alpha value is -3.06. The first-order valence-electron chi connectivity index (χ1n) is 7.49. The van der Waals surface area contributed by atoms with Crippen molar-refractivity contribution in [3.63, 3.8) is 0 Å². The standard InChI is InChI=1S/C18H17N3O3S/c1-23-13-8-12(9-14(10-13)24-2)5-6-17(22)21-18-20-16(11-25-18)15-4-3-7-19-15/h3-11,19H,1-2H3,(H,20,21,22)/b6-5+. The summed E-state index contributed by atoms with van der Waals surface area (Å²) >= 11 is 1.37. The maximum absolute atomic E-state index is 12.1. The third kappa shape index (κ3) is 4.27. The number of H-pyrrole nitrogens is 1. The number of nitrogens with zero attached hydrogens (tertiary/aromatic N) is 1. The Bertz CT molecular complexity index is 863. The number of hydrogen-bond acceptors (Lipinski definition) is 5. The van der Waals surface area contributed by atoms with Gasteiger partial charge in [0, 0.05) is 23.7 Å². The third-order valence-electron chi connectivity index (χ3n) is 3.41. The minimum atomic E-state index is -0.255. The molecule has 128 valence electrons. The van der Waals surface area contributed by atoms with Crippen LogP contribution in [0.1, 0.15) is 5.56 Å². The van der Waals surface area contributed by atoms with E-state index in [1.165, 1.54) is 17.4 Å². The lowest BCUT2D eigenvalue weighted by Crippen LogP contribution is -2.07. The minimum absolute atomic E-state index is 0.255. The van der Waals surface area contributed by atoms with E-state index in [4.69, 9.17) is 9.47 Å². The summed E-state index contributed by atoms with van der Waals surface area (Å²) in [6, 6.07) is 9.24. The van der Waals surface area contributed by atoms with Crippen molar-refractivity contribution >= 4 is 28.5 Å². The van der Waals surface area contributed by atoms with E-state index in [1.807, 2.05) is 35.8 Å². The fourth-order valence-corrected chi connectivity index (χ4v) is 2.90. The number of aromatic amines is 1. The molecule has 0 spiro atoms. The summed E-state index contributed by atoms with van der Waals surface area (Å²) in [4.78, 5) is 19.6. The molecule has 0 atom stereocenters. The summed E-state index contributed by atoms with van der Waals surface area (Å²) in [5.41, 5.74) is 2.51. The van der Waals surface area contributed by atoms with Gasteiger partial charge in [-0.1, -0.05) is 0 Å². The van der Waals surface area contributed by atoms with Gasteiger partial charge in [0.05, 0.1) is 25.6 Å². The highest BCUT2D eigenvalue weighted by atomic mass is 32.1. The Morgan fingerprint density at radius 1 is 1.24 bits per heavy atom. The first-order valence-corrected chi connectivity index (χ1v) is 8.37. The Labute approximate surface area is 149 Å². The molecule has 7 heteroatoms. The lowest BCUT2D eigenvalue weighted by molar-refractivity contribution is -0.111. The van der Waals surface area contributed by atoms with Crippen LogP contribution in [0.3, 0.4) is 0 Å². The summed E-state index contributed by atoms with van der Waals surface area (Å²) < 4.78 is 10.4. The lowest BCUT2D eigenvalue weighted by Gasteiger charge is -2.05. The average Bonchev–Trinajstić information content (AvgIpc) is 3.31. The lowest BCUT2D eigenvalue weighted by atomic mass is 10.2. The Kier molecular flexibility index (Phi) is 5.15. The van der Waals surface area contributed by atoms with Gasteiger partial charge in [0.25, 0.3) is 0 Å². The minimum Gasteiger partial charge on any atom is -0.497 e. The highest BCUT2D eigenvalue weighted by Crippen LogP contribution is 2.24. The number of hydrogen-bond donors (Lipinski definition) is 2. The number of anilines is 1. The normalized spacial score (nSPS) is 10.8. The highest BCUT2D eigenvalue weighted by molar-refractivity contribution is 7.14. The van der Waals surface area contributed by atoms with E-state index >= 15 is 0 Å². The summed E-state index contributed by atoms with van der Waals surface area (Å²) in [6.45, 7) is 0. The first kappa shape index (κ1) is 16.8. The fourth-order valence-electron chi connectivity index (χ4n) is 2.19. The van der Waals surface area contributed by atoms with Crippen molar-refractivity contribution in [2.24, 2.45) is 0 Å². The number of nitrogens with one attached hydrogen (secondary N) is 2. The number of carbonyl (C=O) groups is 1. The molecule has 2 aromatic heterocycles. The molecule has 0 aliphatic heterocycles. The Morgan fingerprint density at radius 2 is 2.00 bits per heavy atom. The topological polar surface area (TPSA) is 76.2 Å². The van der Waals surface area contributed by atoms with Crippen LogP contribution >= 0.6 is 11.3 Å². The van der Waals surface area contributed by atoms with Crippen LogP contribution in [0.2, 0.25) is 0 Å². The van der Waals surface area contributed by atoms with E-state index < -0.39 is 0 Å². The molecule has 25 heavy (non-hydrogen) atoms. The molecule has 1 amide bonds. The summed E-state index contributed by atoms with van der Waals surface area (Å²) in [6.07, 6.45) is 4.97. The van der Waals surface area contributed by atoms with Crippen molar-refractivity contribution in [1.29, 1.82) is 0 Å². The van der Waals surface area contributed by atoms with Gasteiger partial charge in [-0.15, -0.1) is 11.3 Å². The van der Waals surface area contributed by atoms with E-state index in [0.717, 1.165) is 17.0 Å². The monoisotopic (exact) mass is 355 g/mol. The Morgan fingerprint density at radius 3 is 2.64 bits per heavy atom. The van der Waals surface area contributed by atoms with Crippen molar-refractivity contribution in [2.45, 2.75) is 0 Å². The number of benzene rings is 1. The zero-order valence-corrected chi connectivity index (χ0v) is 14.6. The van der Waals surface area contributed by atoms with Gasteiger partial charge in [-0.3, -0.25) is 10.1 Å². The molecule has 0 aliphatic carbocycles. The van der Waals surface area contributed by atoms with E-state index in [-0.39, 0.29) is 5.91 Å². The second-order valence-corrected chi connectivity index (χ2v) is 5.95. The number of aromatic nitrogens is 2.